The minimum atomic E-state index is -1.13. The van der Waals surface area contributed by atoms with Crippen LogP contribution in [0.1, 0.15) is 13.8 Å². The summed E-state index contributed by atoms with van der Waals surface area (Å²) in [6, 6.07) is -0.657. The topological polar surface area (TPSA) is 52.3 Å². The number of hydrogen-bond acceptors (Lipinski definition) is 3. The Morgan fingerprint density at radius 1 is 1.45 bits per heavy atom. The molecule has 0 saturated heterocycles. The lowest BCUT2D eigenvalue weighted by Crippen LogP contribution is -2.37. The highest BCUT2D eigenvalue weighted by Gasteiger charge is 2.20. The Labute approximate surface area is 75.8 Å². The van der Waals surface area contributed by atoms with Crippen LogP contribution in [0.2, 0.25) is 0 Å². The third-order valence-corrected chi connectivity index (χ3v) is 1.37. The van der Waals surface area contributed by atoms with Crippen molar-refractivity contribution in [2.24, 2.45) is 11.7 Å². The fourth-order valence-electron chi connectivity index (χ4n) is 0.439. The molecule has 0 aliphatic rings. The minimum absolute atomic E-state index is 0.0228. The number of hydrogen-bond donors (Lipinski definition) is 1. The lowest BCUT2D eigenvalue weighted by atomic mass is 10.1. The van der Waals surface area contributed by atoms with Gasteiger partial charge in [0.05, 0.1) is 0 Å². The lowest BCUT2D eigenvalue weighted by molar-refractivity contribution is -0.145. The standard InChI is InChI=1S/C6H11Cl2NO2/c1-3(2)4(9)5(10)11-6(7)8/h3-4,6H,9H2,1-2H3/t4-/m0/s1. The molecule has 1 atom stereocenters. The number of carbonyl (C=O) groups excluding carboxylic acids is 1. The quantitative estimate of drug-likeness (QED) is 0.551. The first-order chi connectivity index (χ1) is 4.95. The lowest BCUT2D eigenvalue weighted by Gasteiger charge is -2.14. The first kappa shape index (κ1) is 11.0. The Balaban J connectivity index is 3.83. The Morgan fingerprint density at radius 3 is 2.18 bits per heavy atom. The third kappa shape index (κ3) is 4.45. The average Bonchev–Trinajstić information content (AvgIpc) is 1.84. The van der Waals surface area contributed by atoms with Gasteiger partial charge in [0, 0.05) is 0 Å². The van der Waals surface area contributed by atoms with Gasteiger partial charge in [-0.2, -0.15) is 0 Å². The second-order valence-corrected chi connectivity index (χ2v) is 3.48. The molecule has 3 nitrogen and oxygen atoms in total. The van der Waals surface area contributed by atoms with E-state index in [4.69, 9.17) is 28.9 Å². The Kier molecular flexibility index (Phi) is 4.81. The van der Waals surface area contributed by atoms with Crippen LogP contribution in [-0.2, 0) is 9.53 Å². The Morgan fingerprint density at radius 2 is 1.91 bits per heavy atom. The van der Waals surface area contributed by atoms with Gasteiger partial charge in [0.1, 0.15) is 6.04 Å². The molecule has 0 fully saturated rings. The van der Waals surface area contributed by atoms with Crippen LogP contribution in [0.25, 0.3) is 0 Å². The molecule has 11 heavy (non-hydrogen) atoms. The first-order valence-corrected chi connectivity index (χ1v) is 4.06. The largest absolute Gasteiger partial charge is 0.430 e. The molecular weight excluding hydrogens is 189 g/mol. The molecule has 0 aromatic heterocycles. The summed E-state index contributed by atoms with van der Waals surface area (Å²) in [6.45, 7) is 3.62. The van der Waals surface area contributed by atoms with Crippen LogP contribution in [0.15, 0.2) is 0 Å². The van der Waals surface area contributed by atoms with Gasteiger partial charge in [0.25, 0.3) is 5.02 Å². The van der Waals surface area contributed by atoms with Crippen molar-refractivity contribution in [2.75, 3.05) is 0 Å². The molecule has 0 saturated carbocycles. The van der Waals surface area contributed by atoms with Crippen molar-refractivity contribution in [1.29, 1.82) is 0 Å². The van der Waals surface area contributed by atoms with Crippen LogP contribution < -0.4 is 5.73 Å². The number of ether oxygens (including phenoxy) is 1. The van der Waals surface area contributed by atoms with Gasteiger partial charge in [-0.15, -0.1) is 0 Å². The van der Waals surface area contributed by atoms with Gasteiger partial charge in [-0.05, 0) is 5.92 Å². The summed E-state index contributed by atoms with van der Waals surface area (Å²) in [5, 5.41) is -1.13. The number of esters is 1. The summed E-state index contributed by atoms with van der Waals surface area (Å²) in [6.07, 6.45) is 0. The maximum Gasteiger partial charge on any atom is 0.325 e. The maximum absolute atomic E-state index is 10.9. The first-order valence-electron chi connectivity index (χ1n) is 3.19. The van der Waals surface area contributed by atoms with Crippen LogP contribution in [0, 0.1) is 5.92 Å². The van der Waals surface area contributed by atoms with E-state index in [0.29, 0.717) is 0 Å². The molecule has 2 N–H and O–H groups in total. The number of halogens is 2. The molecule has 0 unspecified atom stereocenters. The van der Waals surface area contributed by atoms with E-state index in [1.165, 1.54) is 0 Å². The number of alkyl halides is 2. The molecule has 0 aromatic carbocycles. The van der Waals surface area contributed by atoms with Crippen LogP contribution in [0.4, 0.5) is 0 Å². The normalized spacial score (nSPS) is 13.7. The number of carbonyl (C=O) groups is 1. The average molecular weight is 200 g/mol. The summed E-state index contributed by atoms with van der Waals surface area (Å²) >= 11 is 10.4. The fourth-order valence-corrected chi connectivity index (χ4v) is 0.614. The highest BCUT2D eigenvalue weighted by atomic mass is 35.5. The van der Waals surface area contributed by atoms with E-state index in [2.05, 4.69) is 4.74 Å². The number of rotatable bonds is 3. The molecule has 5 heteroatoms. The molecule has 0 rings (SSSR count). The van der Waals surface area contributed by atoms with E-state index in [-0.39, 0.29) is 5.92 Å². The predicted molar refractivity (Wildman–Crippen MR) is 44.4 cm³/mol. The maximum atomic E-state index is 10.9. The SMILES string of the molecule is CC(C)[C@H](N)C(=O)OC(Cl)Cl. The zero-order chi connectivity index (χ0) is 9.02. The zero-order valence-electron chi connectivity index (χ0n) is 6.38. The Hall–Kier alpha value is 0.01000. The van der Waals surface area contributed by atoms with Gasteiger partial charge in [-0.3, -0.25) is 4.79 Å². The van der Waals surface area contributed by atoms with Gasteiger partial charge < -0.3 is 10.5 Å². The summed E-state index contributed by atoms with van der Waals surface area (Å²) in [7, 11) is 0. The van der Waals surface area contributed by atoms with Crippen LogP contribution in [0.5, 0.6) is 0 Å². The molecule has 66 valence electrons. The summed E-state index contributed by atoms with van der Waals surface area (Å²) in [5.74, 6) is -0.551. The van der Waals surface area contributed by atoms with Crippen molar-refractivity contribution in [1.82, 2.24) is 0 Å². The second-order valence-electron chi connectivity index (χ2n) is 2.47. The molecule has 0 radical (unpaired) electrons. The van der Waals surface area contributed by atoms with Gasteiger partial charge in [-0.25, -0.2) is 0 Å². The van der Waals surface area contributed by atoms with E-state index >= 15 is 0 Å². The van der Waals surface area contributed by atoms with Gasteiger partial charge in [0.15, 0.2) is 0 Å². The van der Waals surface area contributed by atoms with E-state index in [0.717, 1.165) is 0 Å². The summed E-state index contributed by atoms with van der Waals surface area (Å²) in [4.78, 5) is 10.9. The van der Waals surface area contributed by atoms with Crippen molar-refractivity contribution in [3.63, 3.8) is 0 Å². The van der Waals surface area contributed by atoms with Gasteiger partial charge >= 0.3 is 5.97 Å². The van der Waals surface area contributed by atoms with Crippen molar-refractivity contribution in [3.8, 4) is 0 Å². The van der Waals surface area contributed by atoms with E-state index in [1.54, 1.807) is 0 Å². The summed E-state index contributed by atoms with van der Waals surface area (Å²) in [5.41, 5.74) is 5.42. The molecular formula is C6H11Cl2NO2. The minimum Gasteiger partial charge on any atom is -0.430 e. The van der Waals surface area contributed by atoms with Crippen molar-refractivity contribution < 1.29 is 9.53 Å². The van der Waals surface area contributed by atoms with Crippen molar-refractivity contribution in [3.05, 3.63) is 0 Å². The van der Waals surface area contributed by atoms with Gasteiger partial charge in [0.2, 0.25) is 0 Å². The summed E-state index contributed by atoms with van der Waals surface area (Å²) < 4.78 is 4.44. The fraction of sp³-hybridized carbons (Fsp3) is 0.833. The zero-order valence-corrected chi connectivity index (χ0v) is 7.89. The third-order valence-electron chi connectivity index (χ3n) is 1.20. The van der Waals surface area contributed by atoms with Gasteiger partial charge in [-0.1, -0.05) is 37.0 Å². The van der Waals surface area contributed by atoms with Crippen LogP contribution >= 0.6 is 23.2 Å². The highest BCUT2D eigenvalue weighted by molar-refractivity contribution is 6.43. The molecule has 0 aliphatic carbocycles. The smallest absolute Gasteiger partial charge is 0.325 e. The molecule has 0 amide bonds. The molecule has 0 bridgehead atoms. The predicted octanol–water partition coefficient (Wildman–Crippen LogP) is 1.27. The number of nitrogens with two attached hydrogens (primary N) is 1. The van der Waals surface area contributed by atoms with Crippen LogP contribution in [-0.4, -0.2) is 17.0 Å². The molecule has 0 spiro atoms. The second kappa shape index (κ2) is 4.80. The molecule has 0 aliphatic heterocycles. The van der Waals surface area contributed by atoms with Crippen molar-refractivity contribution in [2.45, 2.75) is 24.9 Å². The molecule has 0 aromatic rings. The highest BCUT2D eigenvalue weighted by Crippen LogP contribution is 2.07. The van der Waals surface area contributed by atoms with Crippen LogP contribution in [0.3, 0.4) is 0 Å². The van der Waals surface area contributed by atoms with E-state index < -0.39 is 17.0 Å². The van der Waals surface area contributed by atoms with E-state index in [9.17, 15) is 4.79 Å². The van der Waals surface area contributed by atoms with E-state index in [1.807, 2.05) is 13.8 Å². The Bertz CT molecular complexity index is 139. The van der Waals surface area contributed by atoms with Crippen molar-refractivity contribution >= 4 is 29.2 Å². The monoisotopic (exact) mass is 199 g/mol. The molecule has 0 heterocycles.